The average Bonchev–Trinajstić information content (AvgIpc) is 3.51. The Morgan fingerprint density at radius 1 is 1.06 bits per heavy atom. The second kappa shape index (κ2) is 9.74. The van der Waals surface area contributed by atoms with Crippen molar-refractivity contribution < 1.29 is 9.47 Å². The SMILES string of the molecule is COc1cc2c(NCc3ccccn3)c3c(nc2cc1OCCCN1CCCC1)CCC3. The molecule has 0 radical (unpaired) electrons. The van der Waals surface area contributed by atoms with Crippen molar-refractivity contribution >= 4 is 16.6 Å². The molecule has 1 aromatic carbocycles. The molecule has 1 aliphatic carbocycles. The van der Waals surface area contributed by atoms with Crippen molar-refractivity contribution in [3.05, 3.63) is 53.5 Å². The minimum Gasteiger partial charge on any atom is -0.493 e. The van der Waals surface area contributed by atoms with Gasteiger partial charge in [0.05, 0.1) is 31.5 Å². The number of fused-ring (bicyclic) bond motifs is 2. The van der Waals surface area contributed by atoms with Crippen LogP contribution in [0.5, 0.6) is 11.5 Å². The van der Waals surface area contributed by atoms with Gasteiger partial charge < -0.3 is 19.7 Å². The van der Waals surface area contributed by atoms with Crippen molar-refractivity contribution in [2.24, 2.45) is 0 Å². The van der Waals surface area contributed by atoms with Crippen molar-refractivity contribution in [1.29, 1.82) is 0 Å². The van der Waals surface area contributed by atoms with Crippen LogP contribution in [-0.4, -0.2) is 48.2 Å². The van der Waals surface area contributed by atoms with Crippen LogP contribution in [0.1, 0.15) is 42.6 Å². The number of ether oxygens (including phenoxy) is 2. The number of aromatic nitrogens is 2. The molecule has 0 bridgehead atoms. The minimum absolute atomic E-state index is 0.684. The van der Waals surface area contributed by atoms with Crippen LogP contribution < -0.4 is 14.8 Å². The number of nitrogens with zero attached hydrogens (tertiary/aromatic N) is 3. The van der Waals surface area contributed by atoms with Gasteiger partial charge in [0.15, 0.2) is 11.5 Å². The molecule has 1 aliphatic heterocycles. The Morgan fingerprint density at radius 2 is 1.97 bits per heavy atom. The zero-order valence-electron chi connectivity index (χ0n) is 18.9. The van der Waals surface area contributed by atoms with Gasteiger partial charge in [-0.05, 0) is 75.4 Å². The minimum atomic E-state index is 0.684. The van der Waals surface area contributed by atoms with Crippen molar-refractivity contribution in [2.75, 3.05) is 38.7 Å². The van der Waals surface area contributed by atoms with Crippen molar-refractivity contribution in [1.82, 2.24) is 14.9 Å². The molecule has 6 heteroatoms. The molecular formula is C26H32N4O2. The van der Waals surface area contributed by atoms with E-state index in [0.717, 1.165) is 66.0 Å². The highest BCUT2D eigenvalue weighted by atomic mass is 16.5. The van der Waals surface area contributed by atoms with Crippen LogP contribution in [0, 0.1) is 0 Å². The van der Waals surface area contributed by atoms with Gasteiger partial charge in [-0.2, -0.15) is 0 Å². The topological polar surface area (TPSA) is 59.5 Å². The van der Waals surface area contributed by atoms with Gasteiger partial charge in [0, 0.05) is 35.6 Å². The first-order valence-electron chi connectivity index (χ1n) is 11.8. The second-order valence-corrected chi connectivity index (χ2v) is 8.71. The molecule has 0 amide bonds. The third-order valence-electron chi connectivity index (χ3n) is 6.54. The summed E-state index contributed by atoms with van der Waals surface area (Å²) in [6.07, 6.45) is 8.74. The Labute approximate surface area is 190 Å². The maximum atomic E-state index is 6.16. The maximum Gasteiger partial charge on any atom is 0.163 e. The first-order chi connectivity index (χ1) is 15.8. The van der Waals surface area contributed by atoms with Crippen LogP contribution in [0.4, 0.5) is 5.69 Å². The molecule has 0 spiro atoms. The molecule has 0 unspecified atom stereocenters. The fraction of sp³-hybridized carbons (Fsp3) is 0.462. The first-order valence-corrected chi connectivity index (χ1v) is 11.8. The monoisotopic (exact) mass is 432 g/mol. The molecule has 1 N–H and O–H groups in total. The third-order valence-corrected chi connectivity index (χ3v) is 6.54. The number of hydrogen-bond donors (Lipinski definition) is 1. The molecule has 5 rings (SSSR count). The van der Waals surface area contributed by atoms with Gasteiger partial charge in [-0.15, -0.1) is 0 Å². The molecule has 2 aliphatic rings. The lowest BCUT2D eigenvalue weighted by molar-refractivity contribution is 0.254. The molecule has 0 atom stereocenters. The Morgan fingerprint density at radius 3 is 2.78 bits per heavy atom. The molecule has 6 nitrogen and oxygen atoms in total. The molecule has 168 valence electrons. The number of pyridine rings is 2. The summed E-state index contributed by atoms with van der Waals surface area (Å²) in [5, 5.41) is 4.74. The summed E-state index contributed by atoms with van der Waals surface area (Å²) in [6, 6.07) is 10.1. The Kier molecular flexibility index (Phi) is 6.39. The molecule has 32 heavy (non-hydrogen) atoms. The average molecular weight is 433 g/mol. The number of aryl methyl sites for hydroxylation is 1. The number of likely N-dealkylation sites (tertiary alicyclic amines) is 1. The largest absolute Gasteiger partial charge is 0.493 e. The van der Waals surface area contributed by atoms with Gasteiger partial charge >= 0.3 is 0 Å². The lowest BCUT2D eigenvalue weighted by atomic mass is 10.1. The summed E-state index contributed by atoms with van der Waals surface area (Å²) in [4.78, 5) is 12.0. The zero-order valence-corrected chi connectivity index (χ0v) is 18.9. The number of hydrogen-bond acceptors (Lipinski definition) is 6. The van der Waals surface area contributed by atoms with Crippen LogP contribution in [-0.2, 0) is 19.4 Å². The van der Waals surface area contributed by atoms with Gasteiger partial charge in [0.25, 0.3) is 0 Å². The molecular weight excluding hydrogens is 400 g/mol. The number of anilines is 1. The highest BCUT2D eigenvalue weighted by Gasteiger charge is 2.21. The number of nitrogens with one attached hydrogen (secondary N) is 1. The van der Waals surface area contributed by atoms with Crippen LogP contribution in [0.25, 0.3) is 10.9 Å². The molecule has 0 saturated carbocycles. The first kappa shape index (κ1) is 21.0. The maximum absolute atomic E-state index is 6.16. The molecule has 3 heterocycles. The fourth-order valence-electron chi connectivity index (χ4n) is 4.90. The number of benzene rings is 1. The van der Waals surface area contributed by atoms with Gasteiger partial charge in [-0.25, -0.2) is 0 Å². The van der Waals surface area contributed by atoms with E-state index in [1.54, 1.807) is 7.11 Å². The smallest absolute Gasteiger partial charge is 0.163 e. The van der Waals surface area contributed by atoms with Crippen molar-refractivity contribution in [3.63, 3.8) is 0 Å². The van der Waals surface area contributed by atoms with Crippen molar-refractivity contribution in [3.8, 4) is 11.5 Å². The van der Waals surface area contributed by atoms with Crippen LogP contribution in [0.3, 0.4) is 0 Å². The fourth-order valence-corrected chi connectivity index (χ4v) is 4.90. The quantitative estimate of drug-likeness (QED) is 0.499. The summed E-state index contributed by atoms with van der Waals surface area (Å²) >= 11 is 0. The van der Waals surface area contributed by atoms with Crippen LogP contribution in [0.2, 0.25) is 0 Å². The summed E-state index contributed by atoms with van der Waals surface area (Å²) in [6.45, 7) is 4.92. The van der Waals surface area contributed by atoms with Crippen molar-refractivity contribution in [2.45, 2.75) is 45.1 Å². The normalized spacial score (nSPS) is 15.8. The highest BCUT2D eigenvalue weighted by molar-refractivity contribution is 5.96. The Bertz CT molecular complexity index is 1060. The predicted octanol–water partition coefficient (Wildman–Crippen LogP) is 4.60. The van der Waals surface area contributed by atoms with Gasteiger partial charge in [-0.3, -0.25) is 9.97 Å². The van der Waals surface area contributed by atoms with E-state index in [9.17, 15) is 0 Å². The standard InChI is InChI=1S/C26H32N4O2/c1-31-24-16-21-23(17-25(24)32-15-7-14-30-12-4-5-13-30)29-22-10-6-9-20(22)26(21)28-18-19-8-2-3-11-27-19/h2-3,8,11,16-17H,4-7,9-10,12-15,18H2,1H3,(H,28,29). The Balaban J connectivity index is 1.39. The summed E-state index contributed by atoms with van der Waals surface area (Å²) in [5.74, 6) is 1.54. The second-order valence-electron chi connectivity index (χ2n) is 8.71. The van der Waals surface area contributed by atoms with E-state index in [2.05, 4.69) is 27.3 Å². The zero-order chi connectivity index (χ0) is 21.8. The predicted molar refractivity (Wildman–Crippen MR) is 128 cm³/mol. The molecule has 1 fully saturated rings. The highest BCUT2D eigenvalue weighted by Crippen LogP contribution is 2.39. The van der Waals surface area contributed by atoms with E-state index in [1.165, 1.54) is 37.2 Å². The molecule has 1 saturated heterocycles. The summed E-state index contributed by atoms with van der Waals surface area (Å²) in [7, 11) is 1.71. The van der Waals surface area contributed by atoms with E-state index >= 15 is 0 Å². The lowest BCUT2D eigenvalue weighted by Gasteiger charge is -2.18. The van der Waals surface area contributed by atoms with Gasteiger partial charge in [0.2, 0.25) is 0 Å². The van der Waals surface area contributed by atoms with E-state index in [0.29, 0.717) is 13.2 Å². The van der Waals surface area contributed by atoms with Crippen LogP contribution >= 0.6 is 0 Å². The van der Waals surface area contributed by atoms with Gasteiger partial charge in [-0.1, -0.05) is 6.07 Å². The summed E-state index contributed by atoms with van der Waals surface area (Å²) in [5.41, 5.74) is 5.67. The third kappa shape index (κ3) is 4.51. The molecule has 3 aromatic rings. The van der Waals surface area contributed by atoms with E-state index in [1.807, 2.05) is 24.4 Å². The number of rotatable bonds is 9. The molecule has 2 aromatic heterocycles. The van der Waals surface area contributed by atoms with E-state index < -0.39 is 0 Å². The van der Waals surface area contributed by atoms with Gasteiger partial charge in [0.1, 0.15) is 0 Å². The van der Waals surface area contributed by atoms with E-state index in [-0.39, 0.29) is 0 Å². The number of methoxy groups -OCH3 is 1. The lowest BCUT2D eigenvalue weighted by Crippen LogP contribution is -2.21. The Hall–Kier alpha value is -2.86. The van der Waals surface area contributed by atoms with E-state index in [4.69, 9.17) is 14.5 Å². The van der Waals surface area contributed by atoms with Crippen LogP contribution in [0.15, 0.2) is 36.5 Å². The summed E-state index contributed by atoms with van der Waals surface area (Å²) < 4.78 is 11.9.